The van der Waals surface area contributed by atoms with Crippen molar-refractivity contribution in [2.45, 2.75) is 56.0 Å². The fourth-order valence-electron chi connectivity index (χ4n) is 8.84. The van der Waals surface area contributed by atoms with Crippen molar-refractivity contribution in [1.29, 1.82) is 0 Å². The molecule has 0 saturated carbocycles. The lowest BCUT2D eigenvalue weighted by Gasteiger charge is -2.46. The van der Waals surface area contributed by atoms with Gasteiger partial charge in [0.05, 0.1) is 50.1 Å². The first-order valence-electron chi connectivity index (χ1n) is 22.1. The molecule has 28 heteroatoms. The van der Waals surface area contributed by atoms with Crippen LogP contribution in [0.25, 0.3) is 20.8 Å². The minimum atomic E-state index is -6.13. The van der Waals surface area contributed by atoms with Gasteiger partial charge in [-0.3, -0.25) is 0 Å². The predicted molar refractivity (Wildman–Crippen MR) is 251 cm³/mol. The van der Waals surface area contributed by atoms with Gasteiger partial charge in [-0.2, -0.15) is 132 Å². The number of hydrogen-bond acceptors (Lipinski definition) is 1. The highest BCUT2D eigenvalue weighted by molar-refractivity contribution is 9.10. The number of hydrogen-bond donors (Lipinski definition) is 0. The predicted octanol–water partition coefficient (Wildman–Crippen LogP) is 16.9. The van der Waals surface area contributed by atoms with Crippen LogP contribution in [-0.4, -0.2) is 6.15 Å². The summed E-state index contributed by atoms with van der Waals surface area (Å²) in [5, 5.41) is 1.29. The van der Waals surface area contributed by atoms with Gasteiger partial charge in [0.2, 0.25) is 5.52 Å². The van der Waals surface area contributed by atoms with Gasteiger partial charge in [-0.05, 0) is 54.6 Å². The van der Waals surface area contributed by atoms with Gasteiger partial charge in [-0.25, -0.2) is 0 Å². The van der Waals surface area contributed by atoms with E-state index in [4.69, 9.17) is 0 Å². The average Bonchev–Trinajstić information content (AvgIpc) is 3.82. The van der Waals surface area contributed by atoms with Crippen molar-refractivity contribution in [2.75, 3.05) is 0 Å². The third-order valence-corrected chi connectivity index (χ3v) is 14.1. The number of halogens is 25. The van der Waals surface area contributed by atoms with E-state index in [2.05, 4.69) is 99.4 Å². The van der Waals surface area contributed by atoms with Crippen molar-refractivity contribution in [3.8, 4) is 10.6 Å². The molecule has 0 N–H and O–H groups in total. The zero-order valence-electron chi connectivity index (χ0n) is 39.0. The van der Waals surface area contributed by atoms with Crippen molar-refractivity contribution in [2.24, 2.45) is 0 Å². The topological polar surface area (TPSA) is 3.88 Å². The molecule has 0 atom stereocenters. The highest BCUT2D eigenvalue weighted by Crippen LogP contribution is 2.42. The largest absolute Gasteiger partial charge is 0.416 e. The molecule has 8 aromatic rings. The Morgan fingerprint density at radius 2 is 0.613 bits per heavy atom. The molecule has 424 valence electrons. The molecule has 1 nitrogen and oxygen atoms in total. The first-order chi connectivity index (χ1) is 36.6. The molecule has 0 bridgehead atoms. The molecule has 0 aliphatic carbocycles. The molecule has 80 heavy (non-hydrogen) atoms. The number of rotatable bonds is 7. The summed E-state index contributed by atoms with van der Waals surface area (Å²) in [5.74, 6) is 0. The lowest BCUT2D eigenvalue weighted by atomic mass is 9.12. The van der Waals surface area contributed by atoms with Crippen LogP contribution in [0, 0.1) is 0 Å². The number of fused-ring (bicyclic) bond motifs is 1. The standard InChI is InChI=1S/C32H12BF24.C20H15BrNS/c34-25(35,36)13-1-14(26(37,38)39)6-21(5-13)33(22-7-15(27(40,41)42)2-16(8-22)28(43,44)45,23-9-17(29(46,47)48)3-18(10-23)30(49,50)51)24-11-19(31(52,53)54)4-20(12-24)32(55,56)57;21-17-12-10-16(11-13-17)20-22(14-15-6-2-1-3-7-15)18-8-4-5-9-19(18)23-20/h1-12H;1-13H,14H2/q-1;+1. The van der Waals surface area contributed by atoms with E-state index in [1.54, 1.807) is 0 Å². The Bertz CT molecular complexity index is 3090. The Balaban J connectivity index is 0.000000329. The summed E-state index contributed by atoms with van der Waals surface area (Å²) in [5.41, 5.74) is -26.3. The fraction of sp³-hybridized carbons (Fsp3) is 0.173. The number of nitrogens with zero attached hydrogens (tertiary/aromatic N) is 1. The van der Waals surface area contributed by atoms with Gasteiger partial charge in [-0.1, -0.05) is 118 Å². The van der Waals surface area contributed by atoms with E-state index >= 15 is 0 Å². The average molecular weight is 1240 g/mol. The highest BCUT2D eigenvalue weighted by atomic mass is 79.9. The highest BCUT2D eigenvalue weighted by Gasteiger charge is 2.47. The maximum atomic E-state index is 14.2. The second-order valence-corrected chi connectivity index (χ2v) is 19.6. The lowest BCUT2D eigenvalue weighted by Crippen LogP contribution is -2.75. The van der Waals surface area contributed by atoms with Gasteiger partial charge < -0.3 is 0 Å². The molecule has 0 unspecified atom stereocenters. The summed E-state index contributed by atoms with van der Waals surface area (Å²) in [7, 11) is 0. The van der Waals surface area contributed by atoms with Gasteiger partial charge in [0.1, 0.15) is 10.8 Å². The zero-order chi connectivity index (χ0) is 59.6. The summed E-state index contributed by atoms with van der Waals surface area (Å²) < 4.78 is 346. The summed E-state index contributed by atoms with van der Waals surface area (Å²) in [6.45, 7) is 0.885. The maximum absolute atomic E-state index is 14.2. The molecule has 1 heterocycles. The van der Waals surface area contributed by atoms with Gasteiger partial charge in [0, 0.05) is 16.1 Å². The quantitative estimate of drug-likeness (QED) is 0.0851. The molecule has 1 aromatic heterocycles. The van der Waals surface area contributed by atoms with E-state index in [0.717, 1.165) is 11.0 Å². The van der Waals surface area contributed by atoms with Gasteiger partial charge in [0.25, 0.3) is 5.01 Å². The SMILES string of the molecule is Brc1ccc(-c2sc3ccccc3[n+]2Cc2ccccc2)cc1.FC(F)(F)c1cc([B-](c2cc(C(F)(F)F)cc(C(F)(F)F)c2)(c2cc(C(F)(F)F)cc(C(F)(F)F)c2)c2cc(C(F)(F)F)cc(C(F)(F)F)c2)cc(C(F)(F)F)c1. The van der Waals surface area contributed by atoms with E-state index in [1.165, 1.54) is 26.4 Å². The van der Waals surface area contributed by atoms with Crippen LogP contribution in [-0.2, 0) is 56.0 Å². The van der Waals surface area contributed by atoms with Gasteiger partial charge in [-0.15, -0.1) is 0 Å². The molecule has 0 fully saturated rings. The Morgan fingerprint density at radius 3 is 0.900 bits per heavy atom. The van der Waals surface area contributed by atoms with Crippen LogP contribution in [0.1, 0.15) is 50.1 Å². The van der Waals surface area contributed by atoms with E-state index in [0.29, 0.717) is 0 Å². The third kappa shape index (κ3) is 13.4. The van der Waals surface area contributed by atoms with Crippen LogP contribution in [0.15, 0.2) is 156 Å². The van der Waals surface area contributed by atoms with Gasteiger partial charge in [0.15, 0.2) is 6.54 Å². The van der Waals surface area contributed by atoms with Crippen molar-refractivity contribution < 1.29 is 110 Å². The molecule has 8 rings (SSSR count). The molecule has 0 aliphatic heterocycles. The first-order valence-corrected chi connectivity index (χ1v) is 23.8. The van der Waals surface area contributed by atoms with Crippen LogP contribution in [0.3, 0.4) is 0 Å². The smallest absolute Gasteiger partial charge is 0.194 e. The molecule has 0 aliphatic rings. The molecule has 0 amide bonds. The monoisotopic (exact) mass is 1240 g/mol. The van der Waals surface area contributed by atoms with Crippen molar-refractivity contribution in [3.05, 3.63) is 206 Å². The third-order valence-electron chi connectivity index (χ3n) is 12.3. The number of benzene rings is 7. The summed E-state index contributed by atoms with van der Waals surface area (Å²) in [6, 6.07) is 19.0. The Morgan fingerprint density at radius 1 is 0.338 bits per heavy atom. The van der Waals surface area contributed by atoms with E-state index in [-0.39, 0.29) is 0 Å². The first kappa shape index (κ1) is 60.9. The number of alkyl halides is 24. The molecular formula is C52H27BBrF24NS. The minimum Gasteiger partial charge on any atom is -0.194 e. The second-order valence-electron chi connectivity index (χ2n) is 17.7. The Labute approximate surface area is 446 Å². The number of aromatic nitrogens is 1. The maximum Gasteiger partial charge on any atom is 0.416 e. The van der Waals surface area contributed by atoms with Gasteiger partial charge >= 0.3 is 49.4 Å². The van der Waals surface area contributed by atoms with Crippen LogP contribution in [0.5, 0.6) is 0 Å². The second kappa shape index (κ2) is 21.3. The van der Waals surface area contributed by atoms with Crippen LogP contribution in [0.2, 0.25) is 0 Å². The molecule has 0 saturated heterocycles. The van der Waals surface area contributed by atoms with E-state index in [1.807, 2.05) is 11.3 Å². The fourth-order valence-corrected chi connectivity index (χ4v) is 10.3. The molecule has 0 spiro atoms. The summed E-state index contributed by atoms with van der Waals surface area (Å²) in [4.78, 5) is 0. The van der Waals surface area contributed by atoms with Crippen molar-refractivity contribution >= 4 is 65.5 Å². The number of para-hydroxylation sites is 1. The van der Waals surface area contributed by atoms with Crippen LogP contribution in [0.4, 0.5) is 105 Å². The minimum absolute atomic E-state index is 0.691. The Hall–Kier alpha value is -6.71. The van der Waals surface area contributed by atoms with Crippen molar-refractivity contribution in [3.63, 3.8) is 0 Å². The normalized spacial score (nSPS) is 13.4. The van der Waals surface area contributed by atoms with Crippen LogP contribution < -0.4 is 26.4 Å². The summed E-state index contributed by atoms with van der Waals surface area (Å²) in [6.07, 6.45) is -54.8. The lowest BCUT2D eigenvalue weighted by molar-refractivity contribution is -0.647. The zero-order valence-corrected chi connectivity index (χ0v) is 41.4. The molecule has 7 aromatic carbocycles. The molecule has 0 radical (unpaired) electrons. The number of thiazole rings is 1. The Kier molecular flexibility index (Phi) is 16.2. The van der Waals surface area contributed by atoms with Crippen LogP contribution >= 0.6 is 27.3 Å². The van der Waals surface area contributed by atoms with Crippen molar-refractivity contribution in [1.82, 2.24) is 0 Å². The van der Waals surface area contributed by atoms with E-state index < -0.39 is 195 Å². The molecular weight excluding hydrogens is 1220 g/mol. The van der Waals surface area contributed by atoms with E-state index in [9.17, 15) is 105 Å². The summed E-state index contributed by atoms with van der Waals surface area (Å²) >= 11 is 5.37.